The molecule has 2 aliphatic heterocycles. The Hall–Kier alpha value is -3.07. The number of thioether (sulfide) groups is 1. The molecule has 0 amide bonds. The van der Waals surface area contributed by atoms with E-state index >= 15 is 0 Å². The van der Waals surface area contributed by atoms with E-state index in [0.717, 1.165) is 55.1 Å². The molecule has 4 heterocycles. The summed E-state index contributed by atoms with van der Waals surface area (Å²) in [6, 6.07) is 10.5. The predicted molar refractivity (Wildman–Crippen MR) is 174 cm³/mol. The maximum atomic E-state index is 13.7. The van der Waals surface area contributed by atoms with Crippen molar-refractivity contribution in [3.63, 3.8) is 0 Å². The number of nitrogens with one attached hydrogen (secondary N) is 2. The molecule has 250 valence electrons. The first kappa shape index (κ1) is 34.3. The number of aliphatic hydroxyl groups is 2. The lowest BCUT2D eigenvalue weighted by Gasteiger charge is -2.36. The molecule has 0 radical (unpaired) electrons. The van der Waals surface area contributed by atoms with Gasteiger partial charge in [0.05, 0.1) is 23.6 Å². The molecule has 3 aromatic rings. The van der Waals surface area contributed by atoms with E-state index < -0.39 is 12.4 Å². The smallest absolute Gasteiger partial charge is 0.305 e. The molecule has 0 saturated carbocycles. The quantitative estimate of drug-likeness (QED) is 0.144. The largest absolute Gasteiger partial charge is 0.463 e. The number of H-pyrrole nitrogens is 1. The lowest BCUT2D eigenvalue weighted by molar-refractivity contribution is -0.173. The summed E-state index contributed by atoms with van der Waals surface area (Å²) in [6.07, 6.45) is 4.16. The molecule has 2 aliphatic rings. The van der Waals surface area contributed by atoms with Crippen LogP contribution in [0.15, 0.2) is 47.8 Å². The van der Waals surface area contributed by atoms with Crippen molar-refractivity contribution in [2.45, 2.75) is 81.2 Å². The van der Waals surface area contributed by atoms with E-state index in [1.54, 1.807) is 18.3 Å². The third kappa shape index (κ3) is 9.96. The summed E-state index contributed by atoms with van der Waals surface area (Å²) in [7, 11) is 1.99. The number of ether oxygens (including phenoxy) is 3. The molecule has 46 heavy (non-hydrogen) atoms. The molecule has 2 saturated heterocycles. The molecule has 11 nitrogen and oxygen atoms in total. The van der Waals surface area contributed by atoms with Crippen LogP contribution in [-0.4, -0.2) is 106 Å². The molecule has 5 rings (SSSR count). The number of aliphatic hydroxyl groups excluding tert-OH is 2. The Kier molecular flexibility index (Phi) is 12.4. The lowest BCUT2D eigenvalue weighted by atomic mass is 10.0. The molecule has 0 spiro atoms. The van der Waals surface area contributed by atoms with Gasteiger partial charge in [-0.15, -0.1) is 0 Å². The van der Waals surface area contributed by atoms with Gasteiger partial charge in [0.2, 0.25) is 0 Å². The summed E-state index contributed by atoms with van der Waals surface area (Å²) in [4.78, 5) is 27.1. The van der Waals surface area contributed by atoms with Gasteiger partial charge in [-0.25, -0.2) is 14.4 Å². The minimum atomic E-state index is -0.888. The molecule has 2 aromatic heterocycles. The van der Waals surface area contributed by atoms with Crippen LogP contribution in [0, 0.1) is 5.82 Å². The number of carbonyl (C=O) groups excluding carboxylic acids is 1. The number of esters is 1. The van der Waals surface area contributed by atoms with Gasteiger partial charge in [0, 0.05) is 61.2 Å². The van der Waals surface area contributed by atoms with Crippen LogP contribution in [0.25, 0.3) is 22.5 Å². The fourth-order valence-corrected chi connectivity index (χ4v) is 6.53. The van der Waals surface area contributed by atoms with E-state index in [0.29, 0.717) is 30.2 Å². The number of pyridine rings is 1. The van der Waals surface area contributed by atoms with Crippen LogP contribution in [0.1, 0.15) is 45.4 Å². The zero-order valence-electron chi connectivity index (χ0n) is 26.4. The van der Waals surface area contributed by atoms with Crippen molar-refractivity contribution in [1.29, 1.82) is 0 Å². The minimum Gasteiger partial charge on any atom is -0.463 e. The van der Waals surface area contributed by atoms with E-state index in [1.807, 2.05) is 26.1 Å². The van der Waals surface area contributed by atoms with Crippen molar-refractivity contribution in [1.82, 2.24) is 19.9 Å². The number of carbonyl (C=O) groups is 1. The fourth-order valence-electron chi connectivity index (χ4n) is 5.75. The Morgan fingerprint density at radius 2 is 2.00 bits per heavy atom. The molecule has 4 N–H and O–H groups in total. The van der Waals surface area contributed by atoms with Crippen molar-refractivity contribution < 1.29 is 33.6 Å². The molecular weight excluding hydrogens is 613 g/mol. The maximum absolute atomic E-state index is 13.7. The molecule has 1 aromatic carbocycles. The normalized spacial score (nSPS) is 21.3. The van der Waals surface area contributed by atoms with Crippen molar-refractivity contribution >= 4 is 23.5 Å². The number of aromatic nitrogens is 3. The van der Waals surface area contributed by atoms with Crippen molar-refractivity contribution in [2.75, 3.05) is 44.5 Å². The van der Waals surface area contributed by atoms with Crippen LogP contribution >= 0.6 is 11.8 Å². The highest BCUT2D eigenvalue weighted by atomic mass is 32.2. The maximum Gasteiger partial charge on any atom is 0.305 e. The van der Waals surface area contributed by atoms with Crippen LogP contribution in [0.2, 0.25) is 0 Å². The van der Waals surface area contributed by atoms with Gasteiger partial charge in [-0.2, -0.15) is 0 Å². The number of aromatic amines is 1. The SMILES string of the molecule is C[C@@H]1CC(N(C)CCCC(=O)OCC(O)CSc2nc(-c3ccc(F)cc3)c(-c3ccnc(NC4CCOCC4)c3)[nH]2)C[C@H](O)O1. The summed E-state index contributed by atoms with van der Waals surface area (Å²) >= 11 is 1.31. The van der Waals surface area contributed by atoms with E-state index in [-0.39, 0.29) is 48.8 Å². The van der Waals surface area contributed by atoms with Crippen LogP contribution in [-0.2, 0) is 19.0 Å². The lowest BCUT2D eigenvalue weighted by Crippen LogP contribution is -2.43. The second-order valence-electron chi connectivity index (χ2n) is 12.0. The summed E-state index contributed by atoms with van der Waals surface area (Å²) in [6.45, 7) is 3.97. The van der Waals surface area contributed by atoms with Crippen LogP contribution in [0.4, 0.5) is 10.2 Å². The first-order valence-electron chi connectivity index (χ1n) is 15.9. The number of imidazole rings is 1. The molecule has 0 aliphatic carbocycles. The second kappa shape index (κ2) is 16.7. The average Bonchev–Trinajstić information content (AvgIpc) is 3.48. The third-order valence-corrected chi connectivity index (χ3v) is 9.27. The Morgan fingerprint density at radius 3 is 2.76 bits per heavy atom. The third-order valence-electron chi connectivity index (χ3n) is 8.25. The monoisotopic (exact) mass is 657 g/mol. The topological polar surface area (TPSA) is 142 Å². The van der Waals surface area contributed by atoms with Gasteiger partial charge in [-0.3, -0.25) is 4.79 Å². The van der Waals surface area contributed by atoms with E-state index in [1.165, 1.54) is 23.9 Å². The molecule has 13 heteroatoms. The van der Waals surface area contributed by atoms with Crippen molar-refractivity contribution in [3.05, 3.63) is 48.4 Å². The Balaban J connectivity index is 1.14. The highest BCUT2D eigenvalue weighted by Crippen LogP contribution is 2.34. The number of halogens is 1. The van der Waals surface area contributed by atoms with Gasteiger partial charge in [0.1, 0.15) is 18.2 Å². The highest BCUT2D eigenvalue weighted by molar-refractivity contribution is 7.99. The minimum absolute atomic E-state index is 0.00390. The Labute approximate surface area is 273 Å². The average molecular weight is 658 g/mol. The molecule has 0 bridgehead atoms. The zero-order valence-corrected chi connectivity index (χ0v) is 27.2. The first-order valence-corrected chi connectivity index (χ1v) is 16.9. The van der Waals surface area contributed by atoms with E-state index in [4.69, 9.17) is 19.2 Å². The Bertz CT molecular complexity index is 1400. The van der Waals surface area contributed by atoms with Gasteiger partial charge in [-0.05, 0) is 82.6 Å². The van der Waals surface area contributed by atoms with Gasteiger partial charge in [0.25, 0.3) is 0 Å². The zero-order chi connectivity index (χ0) is 32.5. The number of anilines is 1. The standard InChI is InChI=1S/C33H44FN5O6S/c1-21-16-26(18-30(42)45-21)39(2)13-3-4-29(41)44-19-27(40)20-46-33-37-31(22-5-7-24(34)8-6-22)32(38-33)23-9-12-35-28(17-23)36-25-10-14-43-15-11-25/h5-9,12,17,21,25-27,30,40,42H,3-4,10-11,13-16,18-20H2,1-2H3,(H,35,36)(H,37,38)/t21-,26?,27?,30-/m1/s1. The van der Waals surface area contributed by atoms with Crippen molar-refractivity contribution in [3.8, 4) is 22.5 Å². The fraction of sp³-hybridized carbons (Fsp3) is 0.545. The predicted octanol–water partition coefficient (Wildman–Crippen LogP) is 4.46. The van der Waals surface area contributed by atoms with Crippen LogP contribution in [0.3, 0.4) is 0 Å². The van der Waals surface area contributed by atoms with E-state index in [9.17, 15) is 19.4 Å². The number of nitrogens with zero attached hydrogens (tertiary/aromatic N) is 3. The van der Waals surface area contributed by atoms with Gasteiger partial charge < -0.3 is 39.6 Å². The molecule has 2 fully saturated rings. The Morgan fingerprint density at radius 1 is 1.22 bits per heavy atom. The van der Waals surface area contributed by atoms with Gasteiger partial charge in [0.15, 0.2) is 11.4 Å². The van der Waals surface area contributed by atoms with E-state index in [2.05, 4.69) is 20.2 Å². The van der Waals surface area contributed by atoms with Gasteiger partial charge >= 0.3 is 5.97 Å². The summed E-state index contributed by atoms with van der Waals surface area (Å²) in [5.41, 5.74) is 3.02. The summed E-state index contributed by atoms with van der Waals surface area (Å²) in [5.74, 6) is 0.308. The van der Waals surface area contributed by atoms with Crippen LogP contribution < -0.4 is 5.32 Å². The second-order valence-corrected chi connectivity index (χ2v) is 13.0. The number of hydrogen-bond acceptors (Lipinski definition) is 11. The number of hydrogen-bond donors (Lipinski definition) is 4. The molecule has 2 unspecified atom stereocenters. The summed E-state index contributed by atoms with van der Waals surface area (Å²) < 4.78 is 29.9. The molecular formula is C33H44FN5O6S. The highest BCUT2D eigenvalue weighted by Gasteiger charge is 2.28. The van der Waals surface area contributed by atoms with Gasteiger partial charge in [-0.1, -0.05) is 11.8 Å². The number of benzene rings is 1. The summed E-state index contributed by atoms with van der Waals surface area (Å²) in [5, 5.41) is 24.5. The first-order chi connectivity index (χ1) is 22.2. The van der Waals surface area contributed by atoms with Crippen molar-refractivity contribution in [2.24, 2.45) is 0 Å². The van der Waals surface area contributed by atoms with Crippen LogP contribution in [0.5, 0.6) is 0 Å². The molecule has 4 atom stereocenters. The number of rotatable bonds is 14.